The SMILES string of the molecule is CC1CC(C)CN(CCCCNC(=O)NCCSc2ccccc2)C1. The van der Waals surface area contributed by atoms with E-state index in [0.29, 0.717) is 6.54 Å². The highest BCUT2D eigenvalue weighted by molar-refractivity contribution is 7.99. The molecule has 25 heavy (non-hydrogen) atoms. The minimum absolute atomic E-state index is 0.0473. The first kappa shape index (κ1) is 20.1. The molecule has 1 aromatic rings. The van der Waals surface area contributed by atoms with E-state index in [1.165, 1.54) is 24.4 Å². The van der Waals surface area contributed by atoms with Crippen LogP contribution in [0.25, 0.3) is 0 Å². The summed E-state index contributed by atoms with van der Waals surface area (Å²) in [6.45, 7) is 9.78. The van der Waals surface area contributed by atoms with Crippen molar-refractivity contribution in [2.75, 3.05) is 38.5 Å². The van der Waals surface area contributed by atoms with E-state index < -0.39 is 0 Å². The topological polar surface area (TPSA) is 44.4 Å². The molecule has 1 saturated heterocycles. The number of hydrogen-bond acceptors (Lipinski definition) is 3. The zero-order valence-corrected chi connectivity index (χ0v) is 16.5. The summed E-state index contributed by atoms with van der Waals surface area (Å²) in [6, 6.07) is 10.2. The fourth-order valence-electron chi connectivity index (χ4n) is 3.55. The summed E-state index contributed by atoms with van der Waals surface area (Å²) in [4.78, 5) is 15.6. The van der Waals surface area contributed by atoms with Crippen molar-refractivity contribution in [3.8, 4) is 0 Å². The maximum absolute atomic E-state index is 11.8. The monoisotopic (exact) mass is 363 g/mol. The molecular weight excluding hydrogens is 330 g/mol. The van der Waals surface area contributed by atoms with E-state index in [-0.39, 0.29) is 6.03 Å². The Kier molecular flexibility index (Phi) is 9.19. The molecule has 1 aliphatic rings. The molecule has 1 heterocycles. The van der Waals surface area contributed by atoms with E-state index in [1.807, 2.05) is 18.2 Å². The second kappa shape index (κ2) is 11.4. The van der Waals surface area contributed by atoms with E-state index in [2.05, 4.69) is 41.5 Å². The van der Waals surface area contributed by atoms with Crippen LogP contribution in [-0.2, 0) is 0 Å². The number of urea groups is 1. The van der Waals surface area contributed by atoms with Gasteiger partial charge in [0.1, 0.15) is 0 Å². The van der Waals surface area contributed by atoms with Crippen LogP contribution in [0.5, 0.6) is 0 Å². The quantitative estimate of drug-likeness (QED) is 0.518. The molecule has 2 atom stereocenters. The molecule has 4 nitrogen and oxygen atoms in total. The highest BCUT2D eigenvalue weighted by atomic mass is 32.2. The number of likely N-dealkylation sites (tertiary alicyclic amines) is 1. The second-order valence-electron chi connectivity index (χ2n) is 7.26. The number of hydrogen-bond donors (Lipinski definition) is 2. The molecular formula is C20H33N3OS. The van der Waals surface area contributed by atoms with Gasteiger partial charge in [-0.3, -0.25) is 0 Å². The van der Waals surface area contributed by atoms with Crippen LogP contribution in [0.4, 0.5) is 4.79 Å². The van der Waals surface area contributed by atoms with E-state index in [0.717, 1.165) is 43.5 Å². The van der Waals surface area contributed by atoms with Crippen molar-refractivity contribution in [3.05, 3.63) is 30.3 Å². The average Bonchev–Trinajstić information content (AvgIpc) is 2.58. The summed E-state index contributed by atoms with van der Waals surface area (Å²) in [5.41, 5.74) is 0. The summed E-state index contributed by atoms with van der Waals surface area (Å²) in [5, 5.41) is 5.88. The Hall–Kier alpha value is -1.20. The van der Waals surface area contributed by atoms with Gasteiger partial charge in [0, 0.05) is 36.8 Å². The number of carbonyl (C=O) groups excluding carboxylic acids is 1. The Morgan fingerprint density at radius 2 is 1.76 bits per heavy atom. The molecule has 1 aromatic carbocycles. The molecule has 2 amide bonds. The van der Waals surface area contributed by atoms with Gasteiger partial charge >= 0.3 is 6.03 Å². The molecule has 0 bridgehead atoms. The lowest BCUT2D eigenvalue weighted by Crippen LogP contribution is -2.40. The van der Waals surface area contributed by atoms with Gasteiger partial charge in [-0.1, -0.05) is 32.0 Å². The number of nitrogens with one attached hydrogen (secondary N) is 2. The Labute approximate surface area is 157 Å². The molecule has 2 rings (SSSR count). The molecule has 2 N–H and O–H groups in total. The van der Waals surface area contributed by atoms with Crippen LogP contribution in [0.3, 0.4) is 0 Å². The van der Waals surface area contributed by atoms with Gasteiger partial charge < -0.3 is 15.5 Å². The third-order valence-electron chi connectivity index (χ3n) is 4.53. The maximum atomic E-state index is 11.8. The van der Waals surface area contributed by atoms with Crippen LogP contribution < -0.4 is 10.6 Å². The van der Waals surface area contributed by atoms with E-state index >= 15 is 0 Å². The number of amides is 2. The first-order chi connectivity index (χ1) is 12.1. The summed E-state index contributed by atoms with van der Waals surface area (Å²) in [5.74, 6) is 2.53. The number of carbonyl (C=O) groups is 1. The highest BCUT2D eigenvalue weighted by Gasteiger charge is 2.20. The van der Waals surface area contributed by atoms with Crippen molar-refractivity contribution in [1.82, 2.24) is 15.5 Å². The van der Waals surface area contributed by atoms with Gasteiger partial charge in [0.2, 0.25) is 0 Å². The molecule has 0 radical (unpaired) electrons. The van der Waals surface area contributed by atoms with Gasteiger partial charge in [-0.25, -0.2) is 4.79 Å². The van der Waals surface area contributed by atoms with E-state index in [1.54, 1.807) is 11.8 Å². The molecule has 140 valence electrons. The minimum Gasteiger partial charge on any atom is -0.338 e. The lowest BCUT2D eigenvalue weighted by atomic mass is 9.92. The van der Waals surface area contributed by atoms with Crippen molar-refractivity contribution in [2.24, 2.45) is 11.8 Å². The number of rotatable bonds is 9. The smallest absolute Gasteiger partial charge is 0.314 e. The van der Waals surface area contributed by atoms with Crippen molar-refractivity contribution < 1.29 is 4.79 Å². The molecule has 0 aromatic heterocycles. The first-order valence-corrected chi connectivity index (χ1v) is 10.5. The number of thioether (sulfide) groups is 1. The van der Waals surface area contributed by atoms with E-state index in [4.69, 9.17) is 0 Å². The van der Waals surface area contributed by atoms with Gasteiger partial charge in [-0.05, 0) is 49.8 Å². The minimum atomic E-state index is -0.0473. The molecule has 0 spiro atoms. The van der Waals surface area contributed by atoms with Crippen LogP contribution in [0.1, 0.15) is 33.1 Å². The second-order valence-corrected chi connectivity index (χ2v) is 8.43. The van der Waals surface area contributed by atoms with Crippen molar-refractivity contribution >= 4 is 17.8 Å². The molecule has 0 saturated carbocycles. The Morgan fingerprint density at radius 3 is 2.48 bits per heavy atom. The molecule has 1 aliphatic heterocycles. The van der Waals surface area contributed by atoms with Gasteiger partial charge in [-0.2, -0.15) is 0 Å². The lowest BCUT2D eigenvalue weighted by Gasteiger charge is -2.34. The van der Waals surface area contributed by atoms with Gasteiger partial charge in [-0.15, -0.1) is 11.8 Å². The average molecular weight is 364 g/mol. The molecule has 5 heteroatoms. The summed E-state index contributed by atoms with van der Waals surface area (Å²) < 4.78 is 0. The fourth-order valence-corrected chi connectivity index (χ4v) is 4.34. The van der Waals surface area contributed by atoms with Gasteiger partial charge in [0.15, 0.2) is 0 Å². The van der Waals surface area contributed by atoms with Crippen LogP contribution in [-0.4, -0.2) is 49.4 Å². The van der Waals surface area contributed by atoms with Crippen LogP contribution >= 0.6 is 11.8 Å². The lowest BCUT2D eigenvalue weighted by molar-refractivity contribution is 0.139. The third-order valence-corrected chi connectivity index (χ3v) is 5.54. The highest BCUT2D eigenvalue weighted by Crippen LogP contribution is 2.21. The zero-order valence-electron chi connectivity index (χ0n) is 15.7. The molecule has 0 aliphatic carbocycles. The van der Waals surface area contributed by atoms with Crippen molar-refractivity contribution in [1.29, 1.82) is 0 Å². The Balaban J connectivity index is 1.44. The third kappa shape index (κ3) is 8.63. The number of benzene rings is 1. The van der Waals surface area contributed by atoms with Gasteiger partial charge in [0.05, 0.1) is 0 Å². The van der Waals surface area contributed by atoms with E-state index in [9.17, 15) is 4.79 Å². The number of piperidine rings is 1. The Bertz CT molecular complexity index is 487. The predicted octanol–water partition coefficient (Wildman–Crippen LogP) is 3.84. The molecule has 2 unspecified atom stereocenters. The maximum Gasteiger partial charge on any atom is 0.314 e. The molecule has 1 fully saturated rings. The van der Waals surface area contributed by atoms with Crippen LogP contribution in [0, 0.1) is 11.8 Å². The first-order valence-electron chi connectivity index (χ1n) is 9.55. The fraction of sp³-hybridized carbons (Fsp3) is 0.650. The van der Waals surface area contributed by atoms with Crippen molar-refractivity contribution in [3.63, 3.8) is 0 Å². The van der Waals surface area contributed by atoms with Crippen molar-refractivity contribution in [2.45, 2.75) is 38.0 Å². The van der Waals surface area contributed by atoms with Gasteiger partial charge in [0.25, 0.3) is 0 Å². The normalized spacial score (nSPS) is 21.0. The summed E-state index contributed by atoms with van der Waals surface area (Å²) >= 11 is 1.76. The van der Waals surface area contributed by atoms with Crippen LogP contribution in [0.15, 0.2) is 35.2 Å². The number of unbranched alkanes of at least 4 members (excludes halogenated alkanes) is 1. The summed E-state index contributed by atoms with van der Waals surface area (Å²) in [6.07, 6.45) is 3.57. The predicted molar refractivity (Wildman–Crippen MR) is 107 cm³/mol. The number of nitrogens with zero attached hydrogens (tertiary/aromatic N) is 1. The Morgan fingerprint density at radius 1 is 1.08 bits per heavy atom. The largest absolute Gasteiger partial charge is 0.338 e. The summed E-state index contributed by atoms with van der Waals surface area (Å²) in [7, 11) is 0. The standard InChI is InChI=1S/C20H33N3OS/c1-17-14-18(2)16-23(15-17)12-7-6-10-21-20(24)22-11-13-25-19-8-4-3-5-9-19/h3-5,8-9,17-18H,6-7,10-16H2,1-2H3,(H2,21,22,24). The van der Waals surface area contributed by atoms with Crippen LogP contribution in [0.2, 0.25) is 0 Å². The zero-order chi connectivity index (χ0) is 17.9.